The third kappa shape index (κ3) is 3.89. The topological polar surface area (TPSA) is 122 Å². The number of carbonyl (C=O) groups excluding carboxylic acids is 1. The first kappa shape index (κ1) is 15.8. The largest absolute Gasteiger partial charge is 0.480 e. The van der Waals surface area contributed by atoms with E-state index in [4.69, 9.17) is 5.11 Å². The van der Waals surface area contributed by atoms with Crippen LogP contribution in [-0.2, 0) is 11.3 Å². The molecule has 0 aliphatic carbocycles. The molecule has 1 amide bonds. The number of aromatic nitrogens is 2. The lowest BCUT2D eigenvalue weighted by molar-refractivity contribution is -0.141. The van der Waals surface area contributed by atoms with E-state index >= 15 is 0 Å². The van der Waals surface area contributed by atoms with Gasteiger partial charge in [-0.05, 0) is 19.4 Å². The molecule has 0 fully saturated rings. The van der Waals surface area contributed by atoms with Gasteiger partial charge in [-0.2, -0.15) is 5.10 Å². The molecule has 1 aromatic rings. The van der Waals surface area contributed by atoms with Crippen molar-refractivity contribution in [1.29, 1.82) is 0 Å². The van der Waals surface area contributed by atoms with Gasteiger partial charge in [-0.25, -0.2) is 9.48 Å². The number of carboxylic acids is 1. The van der Waals surface area contributed by atoms with E-state index in [-0.39, 0.29) is 11.3 Å². The third-order valence-electron chi connectivity index (χ3n) is 2.57. The quantitative estimate of drug-likeness (QED) is 0.629. The van der Waals surface area contributed by atoms with Crippen LogP contribution in [0, 0.1) is 0 Å². The smallest absolute Gasteiger partial charge is 0.328 e. The Balaban J connectivity index is 2.95. The number of hydrogen-bond acceptors (Lipinski definition) is 5. The van der Waals surface area contributed by atoms with Gasteiger partial charge in [0.2, 0.25) is 0 Å². The second-order valence-corrected chi connectivity index (χ2v) is 4.31. The van der Waals surface area contributed by atoms with Crippen molar-refractivity contribution in [1.82, 2.24) is 15.1 Å². The number of aryl methyl sites for hydroxylation is 1. The number of nitrogens with one attached hydrogen (secondary N) is 1. The molecule has 20 heavy (non-hydrogen) atoms. The first-order chi connectivity index (χ1) is 9.36. The Morgan fingerprint density at radius 2 is 2.10 bits per heavy atom. The number of hydrogen-bond donors (Lipinski definition) is 3. The summed E-state index contributed by atoms with van der Waals surface area (Å²) < 4.78 is 1.13. The summed E-state index contributed by atoms with van der Waals surface area (Å²) >= 11 is 0. The molecule has 0 saturated carbocycles. The van der Waals surface area contributed by atoms with Crippen molar-refractivity contribution in [2.45, 2.75) is 39.0 Å². The second-order valence-electron chi connectivity index (χ2n) is 4.31. The fourth-order valence-electron chi connectivity index (χ4n) is 1.55. The predicted molar refractivity (Wildman–Crippen MR) is 69.4 cm³/mol. The molecule has 2 atom stereocenters. The lowest BCUT2D eigenvalue weighted by atomic mass is 10.2. The van der Waals surface area contributed by atoms with Crippen LogP contribution in [0.15, 0.2) is 16.9 Å². The molecule has 8 heteroatoms. The van der Waals surface area contributed by atoms with E-state index in [1.54, 1.807) is 0 Å². The maximum atomic E-state index is 11.9. The van der Waals surface area contributed by atoms with Crippen LogP contribution in [-0.4, -0.2) is 44.0 Å². The Labute approximate surface area is 115 Å². The summed E-state index contributed by atoms with van der Waals surface area (Å²) in [5.74, 6) is -2.11. The van der Waals surface area contributed by atoms with E-state index in [1.807, 2.05) is 6.92 Å². The number of aliphatic hydroxyl groups excluding tert-OH is 1. The second kappa shape index (κ2) is 6.80. The van der Waals surface area contributed by atoms with Crippen LogP contribution in [0.3, 0.4) is 0 Å². The molecule has 0 bridgehead atoms. The van der Waals surface area contributed by atoms with Gasteiger partial charge in [0.1, 0.15) is 5.69 Å². The molecule has 3 N–H and O–H groups in total. The van der Waals surface area contributed by atoms with E-state index in [1.165, 1.54) is 19.1 Å². The average Bonchev–Trinajstić information content (AvgIpc) is 2.37. The Morgan fingerprint density at radius 1 is 1.45 bits per heavy atom. The molecule has 0 aromatic carbocycles. The lowest BCUT2D eigenvalue weighted by Gasteiger charge is -2.16. The highest BCUT2D eigenvalue weighted by molar-refractivity contribution is 5.94. The molecule has 110 valence electrons. The number of amides is 1. The summed E-state index contributed by atoms with van der Waals surface area (Å²) in [7, 11) is 0. The SMILES string of the molecule is CCCn1nc(C(=O)NC(C(=O)O)C(C)O)ccc1=O. The maximum Gasteiger partial charge on any atom is 0.328 e. The highest BCUT2D eigenvalue weighted by Gasteiger charge is 2.26. The Bertz CT molecular complexity index is 552. The fraction of sp³-hybridized carbons (Fsp3) is 0.500. The summed E-state index contributed by atoms with van der Waals surface area (Å²) in [6.45, 7) is 3.47. The molecule has 0 spiro atoms. The normalized spacial score (nSPS) is 13.6. The maximum absolute atomic E-state index is 11.9. The van der Waals surface area contributed by atoms with Crippen molar-refractivity contribution in [2.24, 2.45) is 0 Å². The minimum atomic E-state index is -1.43. The van der Waals surface area contributed by atoms with Crippen LogP contribution >= 0.6 is 0 Å². The number of carboxylic acid groups (broad SMARTS) is 1. The average molecular weight is 283 g/mol. The van der Waals surface area contributed by atoms with E-state index < -0.39 is 24.0 Å². The van der Waals surface area contributed by atoms with E-state index in [9.17, 15) is 19.5 Å². The summed E-state index contributed by atoms with van der Waals surface area (Å²) in [5.41, 5.74) is -0.418. The van der Waals surface area contributed by atoms with Crippen molar-refractivity contribution in [2.75, 3.05) is 0 Å². The van der Waals surface area contributed by atoms with Gasteiger partial charge in [-0.15, -0.1) is 0 Å². The Kier molecular flexibility index (Phi) is 5.39. The lowest BCUT2D eigenvalue weighted by Crippen LogP contribution is -2.48. The first-order valence-electron chi connectivity index (χ1n) is 6.16. The zero-order valence-electron chi connectivity index (χ0n) is 11.2. The van der Waals surface area contributed by atoms with Crippen molar-refractivity contribution in [3.8, 4) is 0 Å². The van der Waals surface area contributed by atoms with Crippen molar-refractivity contribution in [3.05, 3.63) is 28.2 Å². The van der Waals surface area contributed by atoms with Gasteiger partial charge in [0.15, 0.2) is 6.04 Å². The number of aliphatic carboxylic acids is 1. The monoisotopic (exact) mass is 283 g/mol. The number of nitrogens with zero attached hydrogens (tertiary/aromatic N) is 2. The van der Waals surface area contributed by atoms with Gasteiger partial charge < -0.3 is 15.5 Å². The highest BCUT2D eigenvalue weighted by atomic mass is 16.4. The van der Waals surface area contributed by atoms with Crippen molar-refractivity contribution < 1.29 is 19.8 Å². The summed E-state index contributed by atoms with van der Waals surface area (Å²) in [6, 6.07) is 0.969. The minimum Gasteiger partial charge on any atom is -0.480 e. The van der Waals surface area contributed by atoms with Crippen LogP contribution < -0.4 is 10.9 Å². The molecule has 0 saturated heterocycles. The molecule has 1 aromatic heterocycles. The van der Waals surface area contributed by atoms with Gasteiger partial charge in [-0.3, -0.25) is 9.59 Å². The molecule has 0 aliphatic heterocycles. The molecule has 0 radical (unpaired) electrons. The number of aliphatic hydroxyl groups is 1. The van der Waals surface area contributed by atoms with E-state index in [0.29, 0.717) is 13.0 Å². The van der Waals surface area contributed by atoms with Crippen molar-refractivity contribution >= 4 is 11.9 Å². The molecule has 0 aliphatic rings. The molecular formula is C12H17N3O5. The van der Waals surface area contributed by atoms with E-state index in [2.05, 4.69) is 10.4 Å². The fourth-order valence-corrected chi connectivity index (χ4v) is 1.55. The molecule has 1 rings (SSSR count). The third-order valence-corrected chi connectivity index (χ3v) is 2.57. The molecular weight excluding hydrogens is 266 g/mol. The molecule has 2 unspecified atom stereocenters. The van der Waals surface area contributed by atoms with Gasteiger partial charge in [0.25, 0.3) is 11.5 Å². The summed E-state index contributed by atoms with van der Waals surface area (Å²) in [4.78, 5) is 34.2. The Morgan fingerprint density at radius 3 is 2.60 bits per heavy atom. The molecule has 1 heterocycles. The summed E-state index contributed by atoms with van der Waals surface area (Å²) in [5, 5.41) is 24.2. The zero-order valence-corrected chi connectivity index (χ0v) is 11.2. The van der Waals surface area contributed by atoms with Gasteiger partial charge in [0.05, 0.1) is 6.10 Å². The summed E-state index contributed by atoms with van der Waals surface area (Å²) in [6.07, 6.45) is -0.582. The highest BCUT2D eigenvalue weighted by Crippen LogP contribution is 1.98. The standard InChI is InChI=1S/C12H17N3O5/c1-3-6-15-9(17)5-4-8(14-15)11(18)13-10(7(2)16)12(19)20/h4-5,7,10,16H,3,6H2,1-2H3,(H,13,18)(H,19,20). The predicted octanol–water partition coefficient (Wildman–Crippen LogP) is -0.783. The Hall–Kier alpha value is -2.22. The van der Waals surface area contributed by atoms with Crippen LogP contribution in [0.1, 0.15) is 30.8 Å². The van der Waals surface area contributed by atoms with Crippen LogP contribution in [0.2, 0.25) is 0 Å². The number of rotatable bonds is 6. The van der Waals surface area contributed by atoms with Gasteiger partial charge in [0, 0.05) is 12.6 Å². The first-order valence-corrected chi connectivity index (χ1v) is 6.16. The van der Waals surface area contributed by atoms with Crippen molar-refractivity contribution in [3.63, 3.8) is 0 Å². The van der Waals surface area contributed by atoms with Gasteiger partial charge >= 0.3 is 5.97 Å². The van der Waals surface area contributed by atoms with Crippen LogP contribution in [0.25, 0.3) is 0 Å². The zero-order chi connectivity index (χ0) is 15.3. The minimum absolute atomic E-state index is 0.0787. The van der Waals surface area contributed by atoms with Gasteiger partial charge in [-0.1, -0.05) is 6.92 Å². The number of carbonyl (C=O) groups is 2. The van der Waals surface area contributed by atoms with Crippen LogP contribution in [0.5, 0.6) is 0 Å². The molecule has 8 nitrogen and oxygen atoms in total. The van der Waals surface area contributed by atoms with E-state index in [0.717, 1.165) is 4.68 Å². The van der Waals surface area contributed by atoms with Crippen LogP contribution in [0.4, 0.5) is 0 Å².